The first-order valence-electron chi connectivity index (χ1n) is 6.16. The average Bonchev–Trinajstić information content (AvgIpc) is 2.22. The highest BCUT2D eigenvalue weighted by atomic mass is 35.5. The first-order chi connectivity index (χ1) is 8.48. The summed E-state index contributed by atoms with van der Waals surface area (Å²) in [7, 11) is 1.69. The summed E-state index contributed by atoms with van der Waals surface area (Å²) < 4.78 is 11.0. The van der Waals surface area contributed by atoms with Crippen LogP contribution in [-0.4, -0.2) is 26.4 Å². The molecule has 2 N–H and O–H groups in total. The third kappa shape index (κ3) is 2.35. The maximum absolute atomic E-state index is 6.18. The molecule has 2 rings (SSSR count). The Labute approximate surface area is 113 Å². The Bertz CT molecular complexity index is 442. The van der Waals surface area contributed by atoms with Gasteiger partial charge in [0.2, 0.25) is 0 Å². The fourth-order valence-corrected chi connectivity index (χ4v) is 3.02. The quantitative estimate of drug-likeness (QED) is 0.914. The fraction of sp³-hybridized carbons (Fsp3) is 0.571. The molecule has 3 nitrogen and oxygen atoms in total. The van der Waals surface area contributed by atoms with Crippen LogP contribution in [-0.2, 0) is 10.2 Å². The van der Waals surface area contributed by atoms with Crippen molar-refractivity contribution >= 4 is 11.6 Å². The van der Waals surface area contributed by atoms with E-state index >= 15 is 0 Å². The fourth-order valence-electron chi connectivity index (χ4n) is 2.74. The highest BCUT2D eigenvalue weighted by Gasteiger charge is 2.43. The normalized spacial score (nSPS) is 19.2. The van der Waals surface area contributed by atoms with E-state index < -0.39 is 0 Å². The number of benzene rings is 1. The van der Waals surface area contributed by atoms with E-state index in [0.29, 0.717) is 13.2 Å². The molecule has 1 heterocycles. The van der Waals surface area contributed by atoms with Crippen LogP contribution in [0.25, 0.3) is 0 Å². The minimum absolute atomic E-state index is 0.0465. The minimum atomic E-state index is -0.0465. The zero-order valence-corrected chi connectivity index (χ0v) is 11.9. The van der Waals surface area contributed by atoms with Gasteiger partial charge >= 0.3 is 0 Å². The zero-order chi connectivity index (χ0) is 13.3. The van der Waals surface area contributed by atoms with Crippen LogP contribution >= 0.6 is 11.6 Å². The van der Waals surface area contributed by atoms with Crippen molar-refractivity contribution in [2.24, 2.45) is 5.73 Å². The second kappa shape index (κ2) is 5.08. The second-order valence-electron chi connectivity index (χ2n) is 5.26. The van der Waals surface area contributed by atoms with E-state index in [9.17, 15) is 0 Å². The van der Waals surface area contributed by atoms with Crippen LogP contribution in [0.15, 0.2) is 12.1 Å². The largest absolute Gasteiger partial charge is 0.496 e. The van der Waals surface area contributed by atoms with Crippen LogP contribution < -0.4 is 10.5 Å². The number of methoxy groups -OCH3 is 1. The summed E-state index contributed by atoms with van der Waals surface area (Å²) in [5.74, 6) is 0.906. The topological polar surface area (TPSA) is 44.5 Å². The molecule has 0 aliphatic carbocycles. The van der Waals surface area contributed by atoms with Crippen molar-refractivity contribution in [2.75, 3.05) is 20.3 Å². The number of hydrogen-bond acceptors (Lipinski definition) is 3. The van der Waals surface area contributed by atoms with Gasteiger partial charge in [0.05, 0.1) is 20.3 Å². The van der Waals surface area contributed by atoms with Gasteiger partial charge in [-0.05, 0) is 38.0 Å². The third-order valence-corrected chi connectivity index (χ3v) is 3.70. The van der Waals surface area contributed by atoms with E-state index in [1.807, 2.05) is 26.0 Å². The van der Waals surface area contributed by atoms with Gasteiger partial charge < -0.3 is 15.2 Å². The molecule has 1 aromatic carbocycles. The Kier molecular flexibility index (Phi) is 3.85. The highest BCUT2D eigenvalue weighted by Crippen LogP contribution is 2.43. The van der Waals surface area contributed by atoms with Crippen LogP contribution in [0, 0.1) is 6.92 Å². The predicted octanol–water partition coefficient (Wildman–Crippen LogP) is 2.66. The van der Waals surface area contributed by atoms with Gasteiger partial charge in [0.25, 0.3) is 0 Å². The van der Waals surface area contributed by atoms with E-state index in [1.54, 1.807) is 7.11 Å². The molecule has 0 bridgehead atoms. The molecule has 1 aromatic rings. The van der Waals surface area contributed by atoms with Crippen molar-refractivity contribution < 1.29 is 9.47 Å². The van der Waals surface area contributed by atoms with Crippen molar-refractivity contribution in [2.45, 2.75) is 31.7 Å². The monoisotopic (exact) mass is 269 g/mol. The van der Waals surface area contributed by atoms with Crippen molar-refractivity contribution in [3.63, 3.8) is 0 Å². The van der Waals surface area contributed by atoms with Gasteiger partial charge in [-0.3, -0.25) is 0 Å². The Balaban J connectivity index is 2.47. The molecule has 1 atom stereocenters. The number of nitrogens with two attached hydrogens (primary N) is 1. The molecule has 1 saturated heterocycles. The van der Waals surface area contributed by atoms with Gasteiger partial charge in [-0.25, -0.2) is 0 Å². The molecule has 0 amide bonds. The number of rotatable bonds is 4. The lowest BCUT2D eigenvalue weighted by Gasteiger charge is -2.44. The second-order valence-corrected chi connectivity index (χ2v) is 5.69. The smallest absolute Gasteiger partial charge is 0.125 e. The predicted molar refractivity (Wildman–Crippen MR) is 73.5 cm³/mol. The van der Waals surface area contributed by atoms with Crippen LogP contribution in [0.2, 0.25) is 5.02 Å². The van der Waals surface area contributed by atoms with Gasteiger partial charge in [-0.2, -0.15) is 0 Å². The molecule has 18 heavy (non-hydrogen) atoms. The van der Waals surface area contributed by atoms with Crippen LogP contribution in [0.4, 0.5) is 0 Å². The maximum atomic E-state index is 6.18. The molecular formula is C14H20ClNO2. The zero-order valence-electron chi connectivity index (χ0n) is 11.1. The molecule has 0 aromatic heterocycles. The molecule has 4 heteroatoms. The van der Waals surface area contributed by atoms with E-state index in [4.69, 9.17) is 26.8 Å². The van der Waals surface area contributed by atoms with E-state index in [1.165, 1.54) is 0 Å². The molecule has 1 fully saturated rings. The molecule has 0 radical (unpaired) electrons. The first-order valence-corrected chi connectivity index (χ1v) is 6.54. The van der Waals surface area contributed by atoms with Crippen molar-refractivity contribution in [1.29, 1.82) is 0 Å². The maximum Gasteiger partial charge on any atom is 0.125 e. The molecule has 1 aliphatic rings. The van der Waals surface area contributed by atoms with Gasteiger partial charge in [0.1, 0.15) is 5.75 Å². The molecule has 0 saturated carbocycles. The van der Waals surface area contributed by atoms with Crippen molar-refractivity contribution in [3.05, 3.63) is 28.3 Å². The third-order valence-electron chi connectivity index (χ3n) is 3.48. The Hall–Kier alpha value is -0.770. The Morgan fingerprint density at radius 3 is 2.61 bits per heavy atom. The Morgan fingerprint density at radius 2 is 2.17 bits per heavy atom. The minimum Gasteiger partial charge on any atom is -0.496 e. The lowest BCUT2D eigenvalue weighted by atomic mass is 9.73. The van der Waals surface area contributed by atoms with Crippen molar-refractivity contribution in [1.82, 2.24) is 0 Å². The van der Waals surface area contributed by atoms with E-state index in [-0.39, 0.29) is 11.5 Å². The molecule has 0 spiro atoms. The summed E-state index contributed by atoms with van der Waals surface area (Å²) in [6.07, 6.45) is 0.878. The summed E-state index contributed by atoms with van der Waals surface area (Å²) in [5, 5.41) is 0.735. The summed E-state index contributed by atoms with van der Waals surface area (Å²) >= 11 is 6.18. The molecule has 1 unspecified atom stereocenters. The first kappa shape index (κ1) is 13.7. The van der Waals surface area contributed by atoms with Gasteiger partial charge in [-0.1, -0.05) is 11.6 Å². The summed E-state index contributed by atoms with van der Waals surface area (Å²) in [6, 6.07) is 4.03. The van der Waals surface area contributed by atoms with Gasteiger partial charge in [0, 0.05) is 22.0 Å². The van der Waals surface area contributed by atoms with Gasteiger partial charge in [0.15, 0.2) is 0 Å². The summed E-state index contributed by atoms with van der Waals surface area (Å²) in [5.41, 5.74) is 8.09. The number of halogens is 1. The molecular weight excluding hydrogens is 250 g/mol. The molecule has 100 valence electrons. The van der Waals surface area contributed by atoms with Crippen LogP contribution in [0.3, 0.4) is 0 Å². The van der Waals surface area contributed by atoms with E-state index in [2.05, 4.69) is 0 Å². The standard InChI is InChI=1S/C14H20ClNO2/c1-9-4-11(15)5-12(13(9)17-3)14(6-10(2)16)7-18-8-14/h4-5,10H,6-8,16H2,1-3H3. The number of hydrogen-bond donors (Lipinski definition) is 1. The average molecular weight is 270 g/mol. The molecule has 1 aliphatic heterocycles. The number of aryl methyl sites for hydroxylation is 1. The van der Waals surface area contributed by atoms with Crippen LogP contribution in [0.1, 0.15) is 24.5 Å². The highest BCUT2D eigenvalue weighted by molar-refractivity contribution is 6.30. The Morgan fingerprint density at radius 1 is 1.50 bits per heavy atom. The summed E-state index contributed by atoms with van der Waals surface area (Å²) in [6.45, 7) is 5.40. The lowest BCUT2D eigenvalue weighted by molar-refractivity contribution is -0.0674. The van der Waals surface area contributed by atoms with Crippen LogP contribution in [0.5, 0.6) is 5.75 Å². The number of ether oxygens (including phenoxy) is 2. The van der Waals surface area contributed by atoms with Crippen molar-refractivity contribution in [3.8, 4) is 5.75 Å². The van der Waals surface area contributed by atoms with E-state index in [0.717, 1.165) is 28.3 Å². The lowest BCUT2D eigenvalue weighted by Crippen LogP contribution is -2.50. The van der Waals surface area contributed by atoms with Gasteiger partial charge in [-0.15, -0.1) is 0 Å². The summed E-state index contributed by atoms with van der Waals surface area (Å²) in [4.78, 5) is 0. The SMILES string of the molecule is COc1c(C)cc(Cl)cc1C1(CC(C)N)COC1.